The SMILES string of the molecule is CC(C)CCOCCNC(=O)c1sccc1C#CCO. The van der Waals surface area contributed by atoms with Gasteiger partial charge in [-0.15, -0.1) is 11.3 Å². The Labute approximate surface area is 124 Å². The smallest absolute Gasteiger partial charge is 0.262 e. The molecule has 0 aliphatic heterocycles. The number of thiophene rings is 1. The maximum Gasteiger partial charge on any atom is 0.262 e. The zero-order chi connectivity index (χ0) is 14.8. The second kappa shape index (κ2) is 9.54. The highest BCUT2D eigenvalue weighted by Gasteiger charge is 2.11. The third-order valence-electron chi connectivity index (χ3n) is 2.55. The third kappa shape index (κ3) is 6.20. The minimum atomic E-state index is -0.208. The van der Waals surface area contributed by atoms with Crippen LogP contribution >= 0.6 is 11.3 Å². The van der Waals surface area contributed by atoms with Gasteiger partial charge in [0.2, 0.25) is 0 Å². The van der Waals surface area contributed by atoms with Crippen molar-refractivity contribution < 1.29 is 14.6 Å². The first-order valence-corrected chi connectivity index (χ1v) is 7.56. The molecule has 1 heterocycles. The molecule has 1 rings (SSSR count). The van der Waals surface area contributed by atoms with Crippen molar-refractivity contribution in [2.45, 2.75) is 20.3 Å². The quantitative estimate of drug-likeness (QED) is 0.596. The molecule has 1 aromatic rings. The molecule has 0 aliphatic rings. The Morgan fingerprint density at radius 2 is 2.30 bits per heavy atom. The highest BCUT2D eigenvalue weighted by molar-refractivity contribution is 7.12. The zero-order valence-corrected chi connectivity index (χ0v) is 12.8. The molecular weight excluding hydrogens is 274 g/mol. The molecule has 0 aliphatic carbocycles. The first-order valence-electron chi connectivity index (χ1n) is 6.68. The second-order valence-electron chi connectivity index (χ2n) is 4.67. The number of hydrogen-bond acceptors (Lipinski definition) is 4. The van der Waals surface area contributed by atoms with Crippen molar-refractivity contribution in [2.75, 3.05) is 26.4 Å². The molecule has 0 bridgehead atoms. The highest BCUT2D eigenvalue weighted by atomic mass is 32.1. The van der Waals surface area contributed by atoms with Gasteiger partial charge >= 0.3 is 0 Å². The molecule has 110 valence electrons. The van der Waals surface area contributed by atoms with Gasteiger partial charge in [-0.3, -0.25) is 4.79 Å². The minimum Gasteiger partial charge on any atom is -0.384 e. The van der Waals surface area contributed by atoms with Gasteiger partial charge in [-0.05, 0) is 23.8 Å². The van der Waals surface area contributed by atoms with E-state index in [4.69, 9.17) is 9.84 Å². The van der Waals surface area contributed by atoms with E-state index in [-0.39, 0.29) is 12.5 Å². The summed E-state index contributed by atoms with van der Waals surface area (Å²) < 4.78 is 5.44. The molecule has 0 radical (unpaired) electrons. The number of aliphatic hydroxyl groups excluding tert-OH is 1. The number of carbonyl (C=O) groups is 1. The van der Waals surface area contributed by atoms with Crippen LogP contribution in [0.4, 0.5) is 0 Å². The van der Waals surface area contributed by atoms with Crippen molar-refractivity contribution in [3.63, 3.8) is 0 Å². The normalized spacial score (nSPS) is 10.2. The molecule has 2 N–H and O–H groups in total. The van der Waals surface area contributed by atoms with Gasteiger partial charge in [0, 0.05) is 18.7 Å². The summed E-state index contributed by atoms with van der Waals surface area (Å²) in [6.07, 6.45) is 1.03. The van der Waals surface area contributed by atoms with E-state index in [0.29, 0.717) is 29.5 Å². The Balaban J connectivity index is 2.31. The zero-order valence-electron chi connectivity index (χ0n) is 11.9. The summed E-state index contributed by atoms with van der Waals surface area (Å²) in [5.41, 5.74) is 0.655. The average Bonchev–Trinajstić information content (AvgIpc) is 2.88. The standard InChI is InChI=1S/C15H21NO3S/c1-12(2)5-9-19-10-7-16-15(18)14-13(4-3-8-17)6-11-20-14/h6,11-12,17H,5,7-10H2,1-2H3,(H,16,18). The molecule has 0 atom stereocenters. The fraction of sp³-hybridized carbons (Fsp3) is 0.533. The van der Waals surface area contributed by atoms with Crippen molar-refractivity contribution in [3.05, 3.63) is 21.9 Å². The molecule has 0 saturated heterocycles. The van der Waals surface area contributed by atoms with Crippen LogP contribution < -0.4 is 5.32 Å². The number of carbonyl (C=O) groups excluding carboxylic acids is 1. The number of ether oxygens (including phenoxy) is 1. The largest absolute Gasteiger partial charge is 0.384 e. The predicted molar refractivity (Wildman–Crippen MR) is 80.9 cm³/mol. The molecular formula is C15H21NO3S. The molecule has 4 nitrogen and oxygen atoms in total. The summed E-state index contributed by atoms with van der Waals surface area (Å²) in [5, 5.41) is 13.3. The van der Waals surface area contributed by atoms with Gasteiger partial charge in [0.05, 0.1) is 6.61 Å². The van der Waals surface area contributed by atoms with Gasteiger partial charge in [-0.25, -0.2) is 0 Å². The lowest BCUT2D eigenvalue weighted by Gasteiger charge is -2.07. The van der Waals surface area contributed by atoms with Crippen LogP contribution in [0.3, 0.4) is 0 Å². The van der Waals surface area contributed by atoms with Crippen LogP contribution in [-0.2, 0) is 4.74 Å². The monoisotopic (exact) mass is 295 g/mol. The van der Waals surface area contributed by atoms with Crippen LogP contribution in [0.15, 0.2) is 11.4 Å². The van der Waals surface area contributed by atoms with E-state index < -0.39 is 0 Å². The summed E-state index contributed by atoms with van der Waals surface area (Å²) in [6, 6.07) is 1.78. The van der Waals surface area contributed by atoms with E-state index in [1.807, 2.05) is 5.38 Å². The lowest BCUT2D eigenvalue weighted by molar-refractivity contribution is 0.0909. The summed E-state index contributed by atoms with van der Waals surface area (Å²) in [6.45, 7) is 5.82. The highest BCUT2D eigenvalue weighted by Crippen LogP contribution is 2.15. The number of nitrogens with one attached hydrogen (secondary N) is 1. The Morgan fingerprint density at radius 3 is 3.00 bits per heavy atom. The Morgan fingerprint density at radius 1 is 1.50 bits per heavy atom. The van der Waals surface area contributed by atoms with E-state index in [9.17, 15) is 4.79 Å². The van der Waals surface area contributed by atoms with Gasteiger partial charge in [0.15, 0.2) is 0 Å². The van der Waals surface area contributed by atoms with Crippen LogP contribution in [-0.4, -0.2) is 37.4 Å². The van der Waals surface area contributed by atoms with Crippen LogP contribution in [0.2, 0.25) is 0 Å². The Bertz CT molecular complexity index is 471. The lowest BCUT2D eigenvalue weighted by atomic mass is 10.1. The van der Waals surface area contributed by atoms with Gasteiger partial charge in [-0.2, -0.15) is 0 Å². The Hall–Kier alpha value is -1.35. The molecule has 1 amide bonds. The second-order valence-corrected chi connectivity index (χ2v) is 5.59. The summed E-state index contributed by atoms with van der Waals surface area (Å²) in [4.78, 5) is 12.5. The van der Waals surface area contributed by atoms with Gasteiger partial charge in [0.25, 0.3) is 5.91 Å². The first-order chi connectivity index (χ1) is 9.65. The lowest BCUT2D eigenvalue weighted by Crippen LogP contribution is -2.27. The fourth-order valence-electron chi connectivity index (χ4n) is 1.46. The van der Waals surface area contributed by atoms with Crippen molar-refractivity contribution in [2.24, 2.45) is 5.92 Å². The van der Waals surface area contributed by atoms with Crippen LogP contribution in [0.1, 0.15) is 35.5 Å². The minimum absolute atomic E-state index is 0.144. The van der Waals surface area contributed by atoms with Crippen LogP contribution in [0, 0.1) is 17.8 Å². The van der Waals surface area contributed by atoms with E-state index in [0.717, 1.165) is 13.0 Å². The van der Waals surface area contributed by atoms with Gasteiger partial charge in [0.1, 0.15) is 11.5 Å². The molecule has 0 fully saturated rings. The van der Waals surface area contributed by atoms with E-state index in [1.165, 1.54) is 11.3 Å². The number of hydrogen-bond donors (Lipinski definition) is 2. The molecule has 0 spiro atoms. The maximum atomic E-state index is 11.9. The molecule has 5 heteroatoms. The summed E-state index contributed by atoms with van der Waals surface area (Å²) in [7, 11) is 0. The number of amides is 1. The third-order valence-corrected chi connectivity index (χ3v) is 3.46. The molecule has 0 saturated carbocycles. The molecule has 20 heavy (non-hydrogen) atoms. The summed E-state index contributed by atoms with van der Waals surface area (Å²) >= 11 is 1.34. The van der Waals surface area contributed by atoms with E-state index >= 15 is 0 Å². The first kappa shape index (κ1) is 16.7. The predicted octanol–water partition coefficient (Wildman–Crippen LogP) is 1.88. The van der Waals surface area contributed by atoms with Gasteiger partial charge < -0.3 is 15.2 Å². The summed E-state index contributed by atoms with van der Waals surface area (Å²) in [5.74, 6) is 5.80. The number of rotatable bonds is 7. The maximum absolute atomic E-state index is 11.9. The van der Waals surface area contributed by atoms with E-state index in [1.54, 1.807) is 6.07 Å². The molecule has 1 aromatic heterocycles. The van der Waals surface area contributed by atoms with Crippen molar-refractivity contribution in [3.8, 4) is 11.8 Å². The van der Waals surface area contributed by atoms with Crippen molar-refractivity contribution in [1.82, 2.24) is 5.32 Å². The Kier molecular flexibility index (Phi) is 7.97. The van der Waals surface area contributed by atoms with Gasteiger partial charge in [-0.1, -0.05) is 25.7 Å². The average molecular weight is 295 g/mol. The topological polar surface area (TPSA) is 58.6 Å². The van der Waals surface area contributed by atoms with Crippen molar-refractivity contribution in [1.29, 1.82) is 0 Å². The molecule has 0 aromatic carbocycles. The fourth-order valence-corrected chi connectivity index (χ4v) is 2.22. The van der Waals surface area contributed by atoms with Crippen LogP contribution in [0.25, 0.3) is 0 Å². The van der Waals surface area contributed by atoms with Crippen molar-refractivity contribution >= 4 is 17.2 Å². The molecule has 0 unspecified atom stereocenters. The van der Waals surface area contributed by atoms with E-state index in [2.05, 4.69) is 31.0 Å². The van der Waals surface area contributed by atoms with Crippen LogP contribution in [0.5, 0.6) is 0 Å². The number of aliphatic hydroxyl groups is 1.